The number of benzene rings is 1. The van der Waals surface area contributed by atoms with E-state index in [4.69, 9.17) is 0 Å². The SMILES string of the molecule is Cc1ncc(C(=O)NC2CCc3nn(C)c(=O)n3CC2)c(-c2ccccc2)n1. The molecule has 8 heteroatoms. The summed E-state index contributed by atoms with van der Waals surface area (Å²) in [5.41, 5.74) is 1.85. The van der Waals surface area contributed by atoms with Crippen molar-refractivity contribution in [1.82, 2.24) is 29.6 Å². The number of rotatable bonds is 3. The monoisotopic (exact) mass is 378 g/mol. The molecule has 4 rings (SSSR count). The Hall–Kier alpha value is -3.29. The molecule has 1 atom stereocenters. The highest BCUT2D eigenvalue weighted by Crippen LogP contribution is 2.21. The second kappa shape index (κ2) is 7.38. The molecule has 0 saturated heterocycles. The Bertz CT molecular complexity index is 1070. The van der Waals surface area contributed by atoms with E-state index in [0.29, 0.717) is 36.5 Å². The van der Waals surface area contributed by atoms with Gasteiger partial charge in [-0.05, 0) is 19.8 Å². The van der Waals surface area contributed by atoms with Gasteiger partial charge in [-0.2, -0.15) is 5.10 Å². The molecule has 1 aromatic carbocycles. The van der Waals surface area contributed by atoms with Crippen molar-refractivity contribution in [2.24, 2.45) is 7.05 Å². The summed E-state index contributed by atoms with van der Waals surface area (Å²) in [7, 11) is 1.66. The molecule has 0 fully saturated rings. The Labute approximate surface area is 162 Å². The van der Waals surface area contributed by atoms with Gasteiger partial charge in [-0.1, -0.05) is 30.3 Å². The minimum Gasteiger partial charge on any atom is -0.349 e. The number of aryl methyl sites for hydroxylation is 3. The number of carbonyl (C=O) groups is 1. The van der Waals surface area contributed by atoms with Crippen molar-refractivity contribution < 1.29 is 4.79 Å². The van der Waals surface area contributed by atoms with E-state index in [1.165, 1.54) is 4.68 Å². The molecule has 1 N–H and O–H groups in total. The summed E-state index contributed by atoms with van der Waals surface area (Å²) < 4.78 is 3.06. The van der Waals surface area contributed by atoms with Crippen LogP contribution in [0.15, 0.2) is 41.3 Å². The highest BCUT2D eigenvalue weighted by atomic mass is 16.2. The smallest absolute Gasteiger partial charge is 0.345 e. The molecule has 0 aliphatic carbocycles. The number of amides is 1. The van der Waals surface area contributed by atoms with E-state index in [9.17, 15) is 9.59 Å². The van der Waals surface area contributed by atoms with E-state index in [1.807, 2.05) is 30.3 Å². The number of nitrogens with one attached hydrogen (secondary N) is 1. The van der Waals surface area contributed by atoms with Gasteiger partial charge in [0.25, 0.3) is 5.91 Å². The Balaban J connectivity index is 1.54. The second-order valence-electron chi connectivity index (χ2n) is 7.02. The molecule has 8 nitrogen and oxygen atoms in total. The highest BCUT2D eigenvalue weighted by Gasteiger charge is 2.23. The fourth-order valence-electron chi connectivity index (χ4n) is 3.56. The molecule has 0 spiro atoms. The maximum Gasteiger partial charge on any atom is 0.345 e. The molecule has 1 aliphatic rings. The van der Waals surface area contributed by atoms with Gasteiger partial charge in [0.2, 0.25) is 0 Å². The summed E-state index contributed by atoms with van der Waals surface area (Å²) in [4.78, 5) is 33.8. The predicted octanol–water partition coefficient (Wildman–Crippen LogP) is 1.48. The summed E-state index contributed by atoms with van der Waals surface area (Å²) in [5.74, 6) is 1.19. The first kappa shape index (κ1) is 18.1. The van der Waals surface area contributed by atoms with E-state index in [0.717, 1.165) is 17.8 Å². The Kier molecular flexibility index (Phi) is 4.77. The van der Waals surface area contributed by atoms with Crippen LogP contribution in [0.1, 0.15) is 34.8 Å². The normalized spacial score (nSPS) is 16.3. The average Bonchev–Trinajstić information content (AvgIpc) is 2.85. The first-order valence-electron chi connectivity index (χ1n) is 9.35. The third-order valence-corrected chi connectivity index (χ3v) is 5.04. The summed E-state index contributed by atoms with van der Waals surface area (Å²) in [5, 5.41) is 7.38. The summed E-state index contributed by atoms with van der Waals surface area (Å²) in [6.07, 6.45) is 3.64. The number of nitrogens with zero attached hydrogens (tertiary/aromatic N) is 5. The number of hydrogen-bond donors (Lipinski definition) is 1. The topological polar surface area (TPSA) is 94.7 Å². The Morgan fingerprint density at radius 3 is 2.79 bits per heavy atom. The van der Waals surface area contributed by atoms with Gasteiger partial charge in [-0.3, -0.25) is 9.36 Å². The lowest BCUT2D eigenvalue weighted by Crippen LogP contribution is -2.36. The molecule has 28 heavy (non-hydrogen) atoms. The molecule has 2 aromatic heterocycles. The van der Waals surface area contributed by atoms with Crippen molar-refractivity contribution in [3.8, 4) is 11.3 Å². The first-order chi connectivity index (χ1) is 13.5. The third-order valence-electron chi connectivity index (χ3n) is 5.04. The molecule has 0 bridgehead atoms. The fourth-order valence-corrected chi connectivity index (χ4v) is 3.56. The van der Waals surface area contributed by atoms with Gasteiger partial charge in [-0.25, -0.2) is 19.4 Å². The molecule has 3 aromatic rings. The fraction of sp³-hybridized carbons (Fsp3) is 0.350. The van der Waals surface area contributed by atoms with Crippen LogP contribution >= 0.6 is 0 Å². The van der Waals surface area contributed by atoms with Crippen molar-refractivity contribution in [2.75, 3.05) is 0 Å². The van der Waals surface area contributed by atoms with Crippen LogP contribution in [0.4, 0.5) is 0 Å². The van der Waals surface area contributed by atoms with Gasteiger partial charge in [0.15, 0.2) is 0 Å². The van der Waals surface area contributed by atoms with E-state index in [2.05, 4.69) is 20.4 Å². The molecule has 0 radical (unpaired) electrons. The predicted molar refractivity (Wildman–Crippen MR) is 104 cm³/mol. The van der Waals surface area contributed by atoms with Crippen molar-refractivity contribution >= 4 is 5.91 Å². The molecule has 144 valence electrons. The number of aromatic nitrogens is 5. The van der Waals surface area contributed by atoms with Crippen LogP contribution in [-0.2, 0) is 20.0 Å². The van der Waals surface area contributed by atoms with Crippen molar-refractivity contribution in [2.45, 2.75) is 38.8 Å². The van der Waals surface area contributed by atoms with Crippen molar-refractivity contribution in [1.29, 1.82) is 0 Å². The Morgan fingerprint density at radius 1 is 1.21 bits per heavy atom. The lowest BCUT2D eigenvalue weighted by molar-refractivity contribution is 0.0933. The quantitative estimate of drug-likeness (QED) is 0.745. The molecule has 1 amide bonds. The zero-order chi connectivity index (χ0) is 19.7. The third kappa shape index (κ3) is 3.45. The summed E-state index contributed by atoms with van der Waals surface area (Å²) in [6, 6.07) is 9.58. The van der Waals surface area contributed by atoms with Gasteiger partial charge in [-0.15, -0.1) is 0 Å². The summed E-state index contributed by atoms with van der Waals surface area (Å²) in [6.45, 7) is 2.35. The number of hydrogen-bond acceptors (Lipinski definition) is 5. The first-order valence-corrected chi connectivity index (χ1v) is 9.35. The molecular formula is C20H22N6O2. The van der Waals surface area contributed by atoms with Gasteiger partial charge in [0.1, 0.15) is 11.6 Å². The minimum absolute atomic E-state index is 0.0381. The molecule has 1 aliphatic heterocycles. The maximum atomic E-state index is 13.0. The van der Waals surface area contributed by atoms with Gasteiger partial charge in [0, 0.05) is 37.8 Å². The van der Waals surface area contributed by atoms with Crippen LogP contribution in [0.5, 0.6) is 0 Å². The van der Waals surface area contributed by atoms with Gasteiger partial charge in [0.05, 0.1) is 11.3 Å². The number of fused-ring (bicyclic) bond motifs is 1. The summed E-state index contributed by atoms with van der Waals surface area (Å²) >= 11 is 0. The molecule has 0 saturated carbocycles. The van der Waals surface area contributed by atoms with Crippen molar-refractivity contribution in [3.05, 3.63) is 64.2 Å². The lowest BCUT2D eigenvalue weighted by atomic mass is 10.0. The largest absolute Gasteiger partial charge is 0.349 e. The second-order valence-corrected chi connectivity index (χ2v) is 7.02. The Morgan fingerprint density at radius 2 is 2.00 bits per heavy atom. The van der Waals surface area contributed by atoms with E-state index in [-0.39, 0.29) is 17.6 Å². The van der Waals surface area contributed by atoms with Crippen LogP contribution < -0.4 is 11.0 Å². The van der Waals surface area contributed by atoms with Crippen LogP contribution in [0.25, 0.3) is 11.3 Å². The van der Waals surface area contributed by atoms with Gasteiger partial charge >= 0.3 is 5.69 Å². The molecular weight excluding hydrogens is 356 g/mol. The van der Waals surface area contributed by atoms with E-state index in [1.54, 1.807) is 24.7 Å². The standard InChI is InChI=1S/C20H22N6O2/c1-13-21-12-16(18(22-13)14-6-4-3-5-7-14)19(27)23-15-8-9-17-24-25(2)20(28)26(17)11-10-15/h3-7,12,15H,8-11H2,1-2H3,(H,23,27). The van der Waals surface area contributed by atoms with E-state index >= 15 is 0 Å². The van der Waals surface area contributed by atoms with Crippen LogP contribution in [0.2, 0.25) is 0 Å². The maximum absolute atomic E-state index is 13.0. The van der Waals surface area contributed by atoms with Crippen LogP contribution in [0.3, 0.4) is 0 Å². The average molecular weight is 378 g/mol. The number of carbonyl (C=O) groups excluding carboxylic acids is 1. The van der Waals surface area contributed by atoms with Gasteiger partial charge < -0.3 is 5.32 Å². The van der Waals surface area contributed by atoms with Crippen LogP contribution in [-0.4, -0.2) is 36.3 Å². The minimum atomic E-state index is -0.198. The van der Waals surface area contributed by atoms with Crippen molar-refractivity contribution in [3.63, 3.8) is 0 Å². The lowest BCUT2D eigenvalue weighted by Gasteiger charge is -2.17. The highest BCUT2D eigenvalue weighted by molar-refractivity contribution is 5.99. The zero-order valence-electron chi connectivity index (χ0n) is 15.9. The molecule has 3 heterocycles. The zero-order valence-corrected chi connectivity index (χ0v) is 15.9. The molecule has 1 unspecified atom stereocenters. The van der Waals surface area contributed by atoms with E-state index < -0.39 is 0 Å². The van der Waals surface area contributed by atoms with Crippen LogP contribution in [0, 0.1) is 6.92 Å².